The second-order valence-corrected chi connectivity index (χ2v) is 8.78. The van der Waals surface area contributed by atoms with Gasteiger partial charge in [-0.2, -0.15) is 4.31 Å². The van der Waals surface area contributed by atoms with Gasteiger partial charge in [0.1, 0.15) is 0 Å². The fraction of sp³-hybridized carbons (Fsp3) is 0.538. The summed E-state index contributed by atoms with van der Waals surface area (Å²) in [5.41, 5.74) is 0. The van der Waals surface area contributed by atoms with Crippen LogP contribution in [0.1, 0.15) is 13.3 Å². The topological polar surface area (TPSA) is 40.6 Å². The third kappa shape index (κ3) is 3.44. The van der Waals surface area contributed by atoms with Gasteiger partial charge < -0.3 is 4.90 Å². The molecule has 0 radical (unpaired) electrons. The van der Waals surface area contributed by atoms with Gasteiger partial charge in [-0.1, -0.05) is 15.9 Å². The second-order valence-electron chi connectivity index (χ2n) is 5.16. The van der Waals surface area contributed by atoms with Crippen molar-refractivity contribution in [1.29, 1.82) is 0 Å². The van der Waals surface area contributed by atoms with E-state index in [1.807, 2.05) is 20.0 Å². The number of sulfonamides is 1. The van der Waals surface area contributed by atoms with E-state index in [0.717, 1.165) is 24.0 Å². The summed E-state index contributed by atoms with van der Waals surface area (Å²) in [6, 6.07) is 5.20. The lowest BCUT2D eigenvalue weighted by atomic mass is 10.3. The Balaban J connectivity index is 2.41. The Morgan fingerprint density at radius 2 is 1.95 bits per heavy atom. The molecule has 1 heterocycles. The molecule has 0 bridgehead atoms. The minimum absolute atomic E-state index is 0.0293. The largest absolute Gasteiger partial charge is 0.305 e. The molecule has 0 aliphatic carbocycles. The van der Waals surface area contributed by atoms with Crippen molar-refractivity contribution in [2.75, 3.05) is 26.7 Å². The van der Waals surface area contributed by atoms with Crippen LogP contribution in [0, 0.1) is 0 Å². The zero-order chi connectivity index (χ0) is 14.9. The highest BCUT2D eigenvalue weighted by Crippen LogP contribution is 2.30. The van der Waals surface area contributed by atoms with E-state index in [0.29, 0.717) is 15.9 Å². The van der Waals surface area contributed by atoms with Gasteiger partial charge in [-0.05, 0) is 61.1 Å². The number of halogens is 2. The van der Waals surface area contributed by atoms with Crippen LogP contribution in [0.25, 0.3) is 0 Å². The van der Waals surface area contributed by atoms with Crippen molar-refractivity contribution < 1.29 is 8.42 Å². The van der Waals surface area contributed by atoms with Crippen LogP contribution in [-0.4, -0.2) is 50.3 Å². The molecule has 1 fully saturated rings. The van der Waals surface area contributed by atoms with Gasteiger partial charge in [-0.15, -0.1) is 0 Å². The third-order valence-corrected chi connectivity index (χ3v) is 6.97. The van der Waals surface area contributed by atoms with Crippen molar-refractivity contribution in [1.82, 2.24) is 9.21 Å². The third-order valence-electron chi connectivity index (χ3n) is 3.47. The quantitative estimate of drug-likeness (QED) is 0.731. The SMILES string of the molecule is CC1CN(C)CCCN1S(=O)(=O)c1cc(Br)ccc1Br. The summed E-state index contributed by atoms with van der Waals surface area (Å²) in [4.78, 5) is 2.50. The van der Waals surface area contributed by atoms with Crippen LogP contribution in [0.2, 0.25) is 0 Å². The molecule has 4 nitrogen and oxygen atoms in total. The summed E-state index contributed by atoms with van der Waals surface area (Å²) in [6.45, 7) is 4.21. The number of hydrogen-bond donors (Lipinski definition) is 0. The van der Waals surface area contributed by atoms with Crippen molar-refractivity contribution >= 4 is 41.9 Å². The van der Waals surface area contributed by atoms with Crippen LogP contribution in [0.4, 0.5) is 0 Å². The van der Waals surface area contributed by atoms with Crippen molar-refractivity contribution in [2.45, 2.75) is 24.3 Å². The fourth-order valence-corrected chi connectivity index (χ4v) is 5.63. The smallest absolute Gasteiger partial charge is 0.244 e. The Hall–Kier alpha value is 0.0500. The number of rotatable bonds is 2. The molecule has 0 saturated carbocycles. The summed E-state index contributed by atoms with van der Waals surface area (Å²) in [6.07, 6.45) is 0.853. The maximum absolute atomic E-state index is 12.9. The first-order valence-electron chi connectivity index (χ1n) is 6.48. The molecule has 112 valence electrons. The van der Waals surface area contributed by atoms with Crippen molar-refractivity contribution in [3.63, 3.8) is 0 Å². The zero-order valence-corrected chi connectivity index (χ0v) is 15.5. The van der Waals surface area contributed by atoms with Gasteiger partial charge >= 0.3 is 0 Å². The molecule has 0 aromatic heterocycles. The average Bonchev–Trinajstić information content (AvgIpc) is 2.53. The summed E-state index contributed by atoms with van der Waals surface area (Å²) in [5.74, 6) is 0. The molecule has 1 atom stereocenters. The van der Waals surface area contributed by atoms with Crippen LogP contribution in [0.15, 0.2) is 32.0 Å². The van der Waals surface area contributed by atoms with Crippen LogP contribution >= 0.6 is 31.9 Å². The first kappa shape index (κ1) is 16.4. The lowest BCUT2D eigenvalue weighted by molar-refractivity contribution is 0.290. The standard InChI is InChI=1S/C13H18Br2N2O2S/c1-10-9-16(2)6-3-7-17(10)20(18,19)13-8-11(14)4-5-12(13)15/h4-5,8,10H,3,6-7,9H2,1-2H3. The van der Waals surface area contributed by atoms with E-state index in [2.05, 4.69) is 36.8 Å². The van der Waals surface area contributed by atoms with Gasteiger partial charge in [0.25, 0.3) is 0 Å². The summed E-state index contributed by atoms with van der Waals surface area (Å²) < 4.78 is 28.8. The molecule has 0 N–H and O–H groups in total. The summed E-state index contributed by atoms with van der Waals surface area (Å²) in [7, 11) is -1.45. The Bertz CT molecular complexity index is 592. The second kappa shape index (κ2) is 6.44. The molecule has 0 amide bonds. The number of likely N-dealkylation sites (N-methyl/N-ethyl adjacent to an activating group) is 1. The van der Waals surface area contributed by atoms with E-state index in [4.69, 9.17) is 0 Å². The predicted octanol–water partition coefficient (Wildman–Crippen LogP) is 2.93. The lowest BCUT2D eigenvalue weighted by Crippen LogP contribution is -2.42. The Labute approximate surface area is 137 Å². The van der Waals surface area contributed by atoms with Crippen LogP contribution in [0.5, 0.6) is 0 Å². The molecule has 2 rings (SSSR count). The monoisotopic (exact) mass is 424 g/mol. The molecule has 1 aliphatic heterocycles. The molecule has 1 aliphatic rings. The van der Waals surface area contributed by atoms with Crippen LogP contribution in [0.3, 0.4) is 0 Å². The average molecular weight is 426 g/mol. The predicted molar refractivity (Wildman–Crippen MR) is 87.3 cm³/mol. The van der Waals surface area contributed by atoms with E-state index in [1.165, 1.54) is 0 Å². The molecule has 20 heavy (non-hydrogen) atoms. The minimum atomic E-state index is -3.48. The van der Waals surface area contributed by atoms with Gasteiger partial charge in [0.2, 0.25) is 10.0 Å². The highest BCUT2D eigenvalue weighted by Gasteiger charge is 2.32. The molecule has 1 aromatic carbocycles. The van der Waals surface area contributed by atoms with Crippen molar-refractivity contribution in [3.05, 3.63) is 27.1 Å². The molecular weight excluding hydrogens is 408 g/mol. The van der Waals surface area contributed by atoms with Crippen LogP contribution in [-0.2, 0) is 10.0 Å². The first-order chi connectivity index (χ1) is 9.32. The molecular formula is C13H18Br2N2O2S. The van der Waals surface area contributed by atoms with Gasteiger partial charge in [-0.25, -0.2) is 8.42 Å². The van der Waals surface area contributed by atoms with Crippen molar-refractivity contribution in [3.8, 4) is 0 Å². The highest BCUT2D eigenvalue weighted by molar-refractivity contribution is 9.11. The number of nitrogens with zero attached hydrogens (tertiary/aromatic N) is 2. The van der Waals surface area contributed by atoms with Crippen LogP contribution < -0.4 is 0 Å². The van der Waals surface area contributed by atoms with Crippen molar-refractivity contribution in [2.24, 2.45) is 0 Å². The minimum Gasteiger partial charge on any atom is -0.305 e. The van der Waals surface area contributed by atoms with Gasteiger partial charge in [0.15, 0.2) is 0 Å². The van der Waals surface area contributed by atoms with E-state index in [9.17, 15) is 8.42 Å². The summed E-state index contributed by atoms with van der Waals surface area (Å²) >= 11 is 6.69. The fourth-order valence-electron chi connectivity index (χ4n) is 2.51. The molecule has 0 spiro atoms. The molecule has 7 heteroatoms. The molecule has 1 unspecified atom stereocenters. The maximum Gasteiger partial charge on any atom is 0.244 e. The van der Waals surface area contributed by atoms with E-state index in [1.54, 1.807) is 16.4 Å². The summed E-state index contributed by atoms with van der Waals surface area (Å²) in [5, 5.41) is 0. The van der Waals surface area contributed by atoms with E-state index < -0.39 is 10.0 Å². The number of hydrogen-bond acceptors (Lipinski definition) is 3. The normalized spacial score (nSPS) is 22.7. The zero-order valence-electron chi connectivity index (χ0n) is 11.5. The highest BCUT2D eigenvalue weighted by atomic mass is 79.9. The van der Waals surface area contributed by atoms with E-state index >= 15 is 0 Å². The molecule has 1 saturated heterocycles. The Morgan fingerprint density at radius 1 is 1.25 bits per heavy atom. The van der Waals surface area contributed by atoms with Gasteiger partial charge in [0.05, 0.1) is 4.90 Å². The van der Waals surface area contributed by atoms with E-state index in [-0.39, 0.29) is 6.04 Å². The van der Waals surface area contributed by atoms with Gasteiger partial charge in [0, 0.05) is 28.1 Å². The molecule has 1 aromatic rings. The first-order valence-corrected chi connectivity index (χ1v) is 9.50. The van der Waals surface area contributed by atoms with Gasteiger partial charge in [-0.3, -0.25) is 0 Å². The maximum atomic E-state index is 12.9. The number of benzene rings is 1. The Kier molecular flexibility index (Phi) is 5.29. The Morgan fingerprint density at radius 3 is 2.65 bits per heavy atom. The lowest BCUT2D eigenvalue weighted by Gasteiger charge is -2.27.